The van der Waals surface area contributed by atoms with Crippen molar-refractivity contribution in [2.75, 3.05) is 10.6 Å². The number of nitrogens with zero attached hydrogens (tertiary/aromatic N) is 4. The van der Waals surface area contributed by atoms with Crippen LogP contribution in [0.1, 0.15) is 5.69 Å². The van der Waals surface area contributed by atoms with Crippen LogP contribution in [0.4, 0.5) is 28.8 Å². The molecule has 8 nitrogen and oxygen atoms in total. The number of aromatic nitrogens is 3. The monoisotopic (exact) mass is 372 g/mol. The van der Waals surface area contributed by atoms with Crippen LogP contribution in [0.15, 0.2) is 67.0 Å². The van der Waals surface area contributed by atoms with Gasteiger partial charge in [0.15, 0.2) is 0 Å². The molecule has 4 aromatic rings. The first-order valence-corrected chi connectivity index (χ1v) is 8.56. The van der Waals surface area contributed by atoms with Gasteiger partial charge < -0.3 is 10.6 Å². The highest BCUT2D eigenvalue weighted by Gasteiger charge is 2.24. The Labute approximate surface area is 160 Å². The molecule has 8 heteroatoms. The van der Waals surface area contributed by atoms with Gasteiger partial charge >= 0.3 is 5.69 Å². The maximum absolute atomic E-state index is 11.8. The molecule has 0 unspecified atom stereocenters. The van der Waals surface area contributed by atoms with Crippen molar-refractivity contribution in [1.82, 2.24) is 15.0 Å². The fraction of sp³-hybridized carbons (Fsp3) is 0.0500. The molecule has 0 aliphatic carbocycles. The van der Waals surface area contributed by atoms with Gasteiger partial charge in [0.05, 0.1) is 4.92 Å². The summed E-state index contributed by atoms with van der Waals surface area (Å²) in [4.78, 5) is 23.7. The highest BCUT2D eigenvalue weighted by atomic mass is 16.6. The smallest absolute Gasteiger partial charge is 0.334 e. The Morgan fingerprint density at radius 3 is 2.39 bits per heavy atom. The summed E-state index contributed by atoms with van der Waals surface area (Å²) >= 11 is 0. The van der Waals surface area contributed by atoms with Crippen molar-refractivity contribution in [2.45, 2.75) is 6.92 Å². The zero-order valence-electron chi connectivity index (χ0n) is 15.0. The normalized spacial score (nSPS) is 10.6. The van der Waals surface area contributed by atoms with Crippen molar-refractivity contribution in [3.63, 3.8) is 0 Å². The Balaban J connectivity index is 1.76. The van der Waals surface area contributed by atoms with E-state index in [9.17, 15) is 10.1 Å². The number of pyridine rings is 1. The molecule has 0 spiro atoms. The van der Waals surface area contributed by atoms with E-state index in [1.165, 1.54) is 6.33 Å². The molecular formula is C20H16N6O2. The van der Waals surface area contributed by atoms with Crippen LogP contribution in [-0.2, 0) is 0 Å². The second-order valence-electron chi connectivity index (χ2n) is 6.12. The number of rotatable bonds is 5. The summed E-state index contributed by atoms with van der Waals surface area (Å²) in [5.74, 6) is 0.644. The lowest BCUT2D eigenvalue weighted by molar-refractivity contribution is -0.383. The van der Waals surface area contributed by atoms with Gasteiger partial charge in [0.25, 0.3) is 0 Å². The van der Waals surface area contributed by atoms with Gasteiger partial charge in [-0.3, -0.25) is 10.1 Å². The fourth-order valence-corrected chi connectivity index (χ4v) is 2.93. The number of nitro groups is 1. The van der Waals surface area contributed by atoms with Gasteiger partial charge in [0.1, 0.15) is 12.1 Å². The number of fused-ring (bicyclic) bond motifs is 1. The molecule has 0 saturated heterocycles. The Morgan fingerprint density at radius 1 is 0.893 bits per heavy atom. The van der Waals surface area contributed by atoms with E-state index in [0.29, 0.717) is 5.82 Å². The van der Waals surface area contributed by atoms with E-state index >= 15 is 0 Å². The zero-order chi connectivity index (χ0) is 19.5. The summed E-state index contributed by atoms with van der Waals surface area (Å²) < 4.78 is 0. The van der Waals surface area contributed by atoms with Crippen molar-refractivity contribution in [1.29, 1.82) is 0 Å². The summed E-state index contributed by atoms with van der Waals surface area (Å²) in [6.07, 6.45) is 1.28. The maximum atomic E-state index is 11.8. The van der Waals surface area contributed by atoms with E-state index in [-0.39, 0.29) is 17.3 Å². The molecule has 0 amide bonds. The van der Waals surface area contributed by atoms with E-state index in [4.69, 9.17) is 0 Å². The third-order valence-corrected chi connectivity index (χ3v) is 4.18. The van der Waals surface area contributed by atoms with Crippen LogP contribution in [0.3, 0.4) is 0 Å². The molecular weight excluding hydrogens is 356 g/mol. The lowest BCUT2D eigenvalue weighted by Crippen LogP contribution is -2.06. The number of benzene rings is 2. The fourth-order valence-electron chi connectivity index (χ4n) is 2.93. The van der Waals surface area contributed by atoms with Crippen molar-refractivity contribution >= 4 is 39.6 Å². The summed E-state index contributed by atoms with van der Waals surface area (Å²) in [7, 11) is 0. The summed E-state index contributed by atoms with van der Waals surface area (Å²) in [6.45, 7) is 1.84. The standard InChI is InChI=1S/C20H16N6O2/c1-13-6-4-11-17(23-13)25-20-18(26(27)28)19(21-12-22-20)24-16-10-5-8-14-7-2-3-9-15(14)16/h2-12H,1H3,(H2,21,22,23,24,25). The average Bonchev–Trinajstić information content (AvgIpc) is 2.68. The Morgan fingerprint density at radius 2 is 1.61 bits per heavy atom. The second kappa shape index (κ2) is 7.28. The zero-order valence-corrected chi connectivity index (χ0v) is 15.0. The number of hydrogen-bond acceptors (Lipinski definition) is 7. The van der Waals surface area contributed by atoms with Gasteiger partial charge in [-0.1, -0.05) is 42.5 Å². The van der Waals surface area contributed by atoms with Gasteiger partial charge in [-0.15, -0.1) is 0 Å². The van der Waals surface area contributed by atoms with Crippen LogP contribution in [-0.4, -0.2) is 19.9 Å². The van der Waals surface area contributed by atoms with Crippen molar-refractivity contribution < 1.29 is 4.92 Å². The Kier molecular flexibility index (Phi) is 4.51. The minimum absolute atomic E-state index is 0.0702. The van der Waals surface area contributed by atoms with Crippen LogP contribution < -0.4 is 10.6 Å². The van der Waals surface area contributed by atoms with E-state index < -0.39 is 4.92 Å². The lowest BCUT2D eigenvalue weighted by atomic mass is 10.1. The first-order valence-electron chi connectivity index (χ1n) is 8.56. The molecule has 0 saturated carbocycles. The molecule has 0 fully saturated rings. The van der Waals surface area contributed by atoms with Crippen LogP contribution >= 0.6 is 0 Å². The van der Waals surface area contributed by atoms with Crippen molar-refractivity contribution in [3.05, 3.63) is 82.8 Å². The predicted octanol–water partition coefficient (Wildman–Crippen LogP) is 4.73. The van der Waals surface area contributed by atoms with Crippen LogP contribution in [0.25, 0.3) is 10.8 Å². The molecule has 138 valence electrons. The number of aryl methyl sites for hydroxylation is 1. The molecule has 28 heavy (non-hydrogen) atoms. The molecule has 0 aliphatic heterocycles. The average molecular weight is 372 g/mol. The van der Waals surface area contributed by atoms with Gasteiger partial charge in [-0.25, -0.2) is 15.0 Å². The highest BCUT2D eigenvalue weighted by Crippen LogP contribution is 2.34. The first kappa shape index (κ1) is 17.3. The molecule has 0 aliphatic rings. The largest absolute Gasteiger partial charge is 0.353 e. The minimum Gasteiger partial charge on any atom is -0.334 e. The second-order valence-corrected chi connectivity index (χ2v) is 6.12. The minimum atomic E-state index is -0.508. The van der Waals surface area contributed by atoms with Crippen LogP contribution in [0.2, 0.25) is 0 Å². The van der Waals surface area contributed by atoms with Gasteiger partial charge in [0.2, 0.25) is 11.6 Å². The number of nitrogens with one attached hydrogen (secondary N) is 2. The van der Waals surface area contributed by atoms with E-state index in [2.05, 4.69) is 25.6 Å². The lowest BCUT2D eigenvalue weighted by Gasteiger charge is -2.11. The third kappa shape index (κ3) is 3.43. The number of anilines is 4. The van der Waals surface area contributed by atoms with E-state index in [0.717, 1.165) is 22.2 Å². The van der Waals surface area contributed by atoms with Crippen LogP contribution in [0, 0.1) is 17.0 Å². The molecule has 2 aromatic heterocycles. The molecule has 0 atom stereocenters. The Hall–Kier alpha value is -4.07. The summed E-state index contributed by atoms with van der Waals surface area (Å²) in [6, 6.07) is 18.9. The Bertz CT molecular complexity index is 1170. The van der Waals surface area contributed by atoms with Crippen molar-refractivity contribution in [3.8, 4) is 0 Å². The van der Waals surface area contributed by atoms with Gasteiger partial charge in [-0.05, 0) is 30.5 Å². The summed E-state index contributed by atoms with van der Waals surface area (Å²) in [5.41, 5.74) is 1.26. The first-order chi connectivity index (χ1) is 13.6. The number of hydrogen-bond donors (Lipinski definition) is 2. The third-order valence-electron chi connectivity index (χ3n) is 4.18. The summed E-state index contributed by atoms with van der Waals surface area (Å²) in [5, 5.41) is 19.7. The van der Waals surface area contributed by atoms with Gasteiger partial charge in [0, 0.05) is 16.8 Å². The highest BCUT2D eigenvalue weighted by molar-refractivity contribution is 5.96. The van der Waals surface area contributed by atoms with E-state index in [1.807, 2.05) is 61.5 Å². The quantitative estimate of drug-likeness (QED) is 0.385. The topological polar surface area (TPSA) is 106 Å². The maximum Gasteiger partial charge on any atom is 0.353 e. The molecule has 0 radical (unpaired) electrons. The molecule has 0 bridgehead atoms. The van der Waals surface area contributed by atoms with Crippen LogP contribution in [0.5, 0.6) is 0 Å². The molecule has 2 N–H and O–H groups in total. The molecule has 2 aromatic carbocycles. The SMILES string of the molecule is Cc1cccc(Nc2ncnc(Nc3cccc4ccccc34)c2[N+](=O)[O-])n1. The predicted molar refractivity (Wildman–Crippen MR) is 108 cm³/mol. The molecule has 4 rings (SSSR count). The van der Waals surface area contributed by atoms with E-state index in [1.54, 1.807) is 6.07 Å². The molecule has 2 heterocycles. The van der Waals surface area contributed by atoms with Gasteiger partial charge in [-0.2, -0.15) is 0 Å². The van der Waals surface area contributed by atoms with Crippen molar-refractivity contribution in [2.24, 2.45) is 0 Å².